The van der Waals surface area contributed by atoms with Crippen LogP contribution in [0.15, 0.2) is 0 Å². The van der Waals surface area contributed by atoms with Gasteiger partial charge in [-0.3, -0.25) is 14.9 Å². The topological polar surface area (TPSA) is 118 Å². The molecule has 2 N–H and O–H groups in total. The Hall–Kier alpha value is -1.66. The summed E-state index contributed by atoms with van der Waals surface area (Å²) in [5.74, 6) is -3.47. The van der Waals surface area contributed by atoms with Crippen molar-refractivity contribution in [2.45, 2.75) is 32.2 Å². The first-order valence-corrected chi connectivity index (χ1v) is 4.32. The lowest BCUT2D eigenvalue weighted by Crippen LogP contribution is -2.49. The summed E-state index contributed by atoms with van der Waals surface area (Å²) in [6.07, 6.45) is -1.31. The summed E-state index contributed by atoms with van der Waals surface area (Å²) in [5, 5.41) is 28.0. The Morgan fingerprint density at radius 3 is 2.07 bits per heavy atom. The summed E-state index contributed by atoms with van der Waals surface area (Å²) in [6.45, 7) is 3.20. The van der Waals surface area contributed by atoms with E-state index in [-0.39, 0.29) is 12.3 Å². The Labute approximate surface area is 85.9 Å². The van der Waals surface area contributed by atoms with Gasteiger partial charge in [0.15, 0.2) is 0 Å². The Morgan fingerprint density at radius 1 is 1.40 bits per heavy atom. The number of aliphatic carboxylic acids is 2. The second-order valence-electron chi connectivity index (χ2n) is 3.76. The molecule has 0 saturated carbocycles. The molecular formula is C8H13NO6. The first-order valence-electron chi connectivity index (χ1n) is 4.32. The second kappa shape index (κ2) is 4.72. The third kappa shape index (κ3) is 3.19. The Kier molecular flexibility index (Phi) is 4.20. The predicted molar refractivity (Wildman–Crippen MR) is 49.1 cm³/mol. The van der Waals surface area contributed by atoms with Crippen LogP contribution in [0.25, 0.3) is 0 Å². The van der Waals surface area contributed by atoms with Crippen molar-refractivity contribution in [3.8, 4) is 0 Å². The molecule has 86 valence electrons. The molecule has 1 unspecified atom stereocenters. The van der Waals surface area contributed by atoms with Gasteiger partial charge in [-0.05, 0) is 5.92 Å². The van der Waals surface area contributed by atoms with Gasteiger partial charge in [-0.15, -0.1) is 0 Å². The molecule has 0 saturated heterocycles. The minimum absolute atomic E-state index is 0.272. The van der Waals surface area contributed by atoms with E-state index < -0.39 is 28.8 Å². The molecule has 0 aromatic carbocycles. The van der Waals surface area contributed by atoms with Gasteiger partial charge in [-0.2, -0.15) is 0 Å². The molecule has 1 atom stereocenters. The van der Waals surface area contributed by atoms with E-state index in [1.54, 1.807) is 13.8 Å². The molecule has 0 radical (unpaired) electrons. The summed E-state index contributed by atoms with van der Waals surface area (Å²) in [4.78, 5) is 30.9. The lowest BCUT2D eigenvalue weighted by atomic mass is 9.86. The van der Waals surface area contributed by atoms with Crippen molar-refractivity contribution in [2.75, 3.05) is 0 Å². The van der Waals surface area contributed by atoms with Crippen molar-refractivity contribution < 1.29 is 24.7 Å². The van der Waals surface area contributed by atoms with Crippen molar-refractivity contribution in [3.63, 3.8) is 0 Å². The summed E-state index contributed by atoms with van der Waals surface area (Å²) in [5.41, 5.74) is -2.42. The maximum absolute atomic E-state index is 10.8. The number of hydrogen-bond donors (Lipinski definition) is 2. The molecule has 0 aromatic rings. The molecule has 0 amide bonds. The molecule has 0 spiro atoms. The van der Waals surface area contributed by atoms with E-state index in [9.17, 15) is 19.7 Å². The molecule has 0 fully saturated rings. The highest BCUT2D eigenvalue weighted by Crippen LogP contribution is 2.25. The fourth-order valence-corrected chi connectivity index (χ4v) is 1.38. The first kappa shape index (κ1) is 13.3. The lowest BCUT2D eigenvalue weighted by molar-refractivity contribution is -0.556. The third-order valence-corrected chi connectivity index (χ3v) is 1.94. The van der Waals surface area contributed by atoms with Gasteiger partial charge in [-0.25, -0.2) is 4.79 Å². The SMILES string of the molecule is CC(C)CC(CC(=O)O)(C(=O)O)[N+](=O)[O-]. The van der Waals surface area contributed by atoms with Crippen LogP contribution in [0.2, 0.25) is 0 Å². The molecule has 7 nitrogen and oxygen atoms in total. The average Bonchev–Trinajstić information content (AvgIpc) is 1.99. The number of carboxylic acid groups (broad SMARTS) is 2. The molecule has 15 heavy (non-hydrogen) atoms. The zero-order chi connectivity index (χ0) is 12.2. The summed E-state index contributed by atoms with van der Waals surface area (Å²) >= 11 is 0. The van der Waals surface area contributed by atoms with E-state index in [1.165, 1.54) is 0 Å². The quantitative estimate of drug-likeness (QED) is 0.499. The van der Waals surface area contributed by atoms with E-state index in [4.69, 9.17) is 10.2 Å². The fourth-order valence-electron chi connectivity index (χ4n) is 1.38. The van der Waals surface area contributed by atoms with Crippen molar-refractivity contribution in [1.82, 2.24) is 0 Å². The Bertz CT molecular complexity index is 271. The molecular weight excluding hydrogens is 206 g/mol. The highest BCUT2D eigenvalue weighted by atomic mass is 16.6. The highest BCUT2D eigenvalue weighted by Gasteiger charge is 2.53. The van der Waals surface area contributed by atoms with Crippen LogP contribution < -0.4 is 0 Å². The lowest BCUT2D eigenvalue weighted by Gasteiger charge is -2.20. The van der Waals surface area contributed by atoms with E-state index in [0.717, 1.165) is 0 Å². The van der Waals surface area contributed by atoms with Gasteiger partial charge in [0.2, 0.25) is 0 Å². The maximum atomic E-state index is 10.8. The molecule has 0 aliphatic rings. The van der Waals surface area contributed by atoms with E-state index in [2.05, 4.69) is 0 Å². The molecule has 0 heterocycles. The number of nitrogens with zero attached hydrogens (tertiary/aromatic N) is 1. The minimum atomic E-state index is -2.42. The Morgan fingerprint density at radius 2 is 1.87 bits per heavy atom. The Balaban J connectivity index is 5.17. The van der Waals surface area contributed by atoms with Crippen LogP contribution in [-0.4, -0.2) is 32.6 Å². The zero-order valence-electron chi connectivity index (χ0n) is 8.47. The molecule has 0 aliphatic carbocycles. The zero-order valence-corrected chi connectivity index (χ0v) is 8.47. The monoisotopic (exact) mass is 219 g/mol. The van der Waals surface area contributed by atoms with E-state index in [0.29, 0.717) is 0 Å². The summed E-state index contributed by atoms with van der Waals surface area (Å²) < 4.78 is 0. The van der Waals surface area contributed by atoms with Crippen molar-refractivity contribution in [3.05, 3.63) is 10.1 Å². The van der Waals surface area contributed by atoms with Gasteiger partial charge < -0.3 is 10.2 Å². The molecule has 0 aliphatic heterocycles. The molecule has 7 heteroatoms. The molecule has 0 bridgehead atoms. The third-order valence-electron chi connectivity index (χ3n) is 1.94. The number of nitro groups is 1. The second-order valence-corrected chi connectivity index (χ2v) is 3.76. The minimum Gasteiger partial charge on any atom is -0.481 e. The van der Waals surface area contributed by atoms with Crippen molar-refractivity contribution in [1.29, 1.82) is 0 Å². The first-order chi connectivity index (χ1) is 6.72. The van der Waals surface area contributed by atoms with Crippen LogP contribution in [0.5, 0.6) is 0 Å². The van der Waals surface area contributed by atoms with Crippen molar-refractivity contribution >= 4 is 11.9 Å². The molecule has 0 aromatic heterocycles. The van der Waals surface area contributed by atoms with E-state index >= 15 is 0 Å². The van der Waals surface area contributed by atoms with Gasteiger partial charge in [0, 0.05) is 11.3 Å². The van der Waals surface area contributed by atoms with Gasteiger partial charge >= 0.3 is 17.5 Å². The standard InChI is InChI=1S/C8H13NO6/c1-5(2)3-8(7(12)13,9(14)15)4-6(10)11/h5H,3-4H2,1-2H3,(H,10,11)(H,12,13). The fraction of sp³-hybridized carbons (Fsp3) is 0.750. The number of hydrogen-bond acceptors (Lipinski definition) is 4. The van der Waals surface area contributed by atoms with Crippen LogP contribution in [0, 0.1) is 16.0 Å². The highest BCUT2D eigenvalue weighted by molar-refractivity contribution is 5.83. The van der Waals surface area contributed by atoms with Crippen molar-refractivity contribution in [2.24, 2.45) is 5.92 Å². The van der Waals surface area contributed by atoms with Gasteiger partial charge in [0.05, 0.1) is 0 Å². The van der Waals surface area contributed by atoms with Crippen LogP contribution in [-0.2, 0) is 9.59 Å². The van der Waals surface area contributed by atoms with Crippen LogP contribution in [0.1, 0.15) is 26.7 Å². The number of carbonyl (C=O) groups is 2. The maximum Gasteiger partial charge on any atom is 0.383 e. The largest absolute Gasteiger partial charge is 0.481 e. The average molecular weight is 219 g/mol. The number of carboxylic acids is 2. The normalized spacial score (nSPS) is 14.6. The van der Waals surface area contributed by atoms with Crippen LogP contribution in [0.3, 0.4) is 0 Å². The van der Waals surface area contributed by atoms with Gasteiger partial charge in [0.25, 0.3) is 0 Å². The molecule has 0 rings (SSSR count). The smallest absolute Gasteiger partial charge is 0.383 e. The predicted octanol–water partition coefficient (Wildman–Crippen LogP) is 0.607. The van der Waals surface area contributed by atoms with Gasteiger partial charge in [-0.1, -0.05) is 13.8 Å². The van der Waals surface area contributed by atoms with Crippen LogP contribution in [0.4, 0.5) is 0 Å². The summed E-state index contributed by atoms with van der Waals surface area (Å²) in [6, 6.07) is 0. The number of rotatable bonds is 6. The van der Waals surface area contributed by atoms with E-state index in [1.807, 2.05) is 0 Å². The van der Waals surface area contributed by atoms with Crippen LogP contribution >= 0.6 is 0 Å². The summed E-state index contributed by atoms with van der Waals surface area (Å²) in [7, 11) is 0. The van der Waals surface area contributed by atoms with Gasteiger partial charge in [0.1, 0.15) is 6.42 Å².